The summed E-state index contributed by atoms with van der Waals surface area (Å²) in [5.74, 6) is 0. The van der Waals surface area contributed by atoms with E-state index >= 15 is 0 Å². The Morgan fingerprint density at radius 1 is 1.38 bits per heavy atom. The summed E-state index contributed by atoms with van der Waals surface area (Å²) >= 11 is 1.79. The fraction of sp³-hybridized carbons (Fsp3) is 0.455. The van der Waals surface area contributed by atoms with Crippen molar-refractivity contribution in [1.82, 2.24) is 0 Å². The van der Waals surface area contributed by atoms with Crippen LogP contribution >= 0.6 is 11.3 Å². The van der Waals surface area contributed by atoms with E-state index in [4.69, 9.17) is 4.74 Å². The summed E-state index contributed by atoms with van der Waals surface area (Å²) in [7, 11) is 0. The molecule has 1 aromatic rings. The van der Waals surface area contributed by atoms with Gasteiger partial charge in [-0.3, -0.25) is 0 Å². The molecule has 0 saturated heterocycles. The maximum absolute atomic E-state index is 5.76. The van der Waals surface area contributed by atoms with Crippen LogP contribution in [-0.4, -0.2) is 6.61 Å². The van der Waals surface area contributed by atoms with E-state index in [2.05, 4.69) is 31.4 Å². The van der Waals surface area contributed by atoms with Crippen molar-refractivity contribution < 1.29 is 4.74 Å². The summed E-state index contributed by atoms with van der Waals surface area (Å²) in [4.78, 5) is 1.35. The molecule has 2 heteroatoms. The predicted octanol–water partition coefficient (Wildman–Crippen LogP) is 3.55. The monoisotopic (exact) mass is 194 g/mol. The van der Waals surface area contributed by atoms with Gasteiger partial charge in [0.05, 0.1) is 12.7 Å². The van der Waals surface area contributed by atoms with Gasteiger partial charge in [-0.1, -0.05) is 11.6 Å². The zero-order chi connectivity index (χ0) is 9.26. The van der Waals surface area contributed by atoms with Crippen LogP contribution in [0.1, 0.15) is 31.2 Å². The third-order valence-corrected chi connectivity index (χ3v) is 3.55. The molecule has 0 fully saturated rings. The molecular formula is C11H14OS. The smallest absolute Gasteiger partial charge is 0.0958 e. The fourth-order valence-electron chi connectivity index (χ4n) is 1.52. The second-order valence-electron chi connectivity index (χ2n) is 3.58. The molecule has 70 valence electrons. The maximum atomic E-state index is 5.76. The lowest BCUT2D eigenvalue weighted by molar-refractivity contribution is 0.0603. The van der Waals surface area contributed by atoms with Gasteiger partial charge in [0.25, 0.3) is 0 Å². The Labute approximate surface area is 83.0 Å². The van der Waals surface area contributed by atoms with Gasteiger partial charge in [-0.15, -0.1) is 11.3 Å². The number of ether oxygens (including phenoxy) is 1. The molecule has 1 nitrogen and oxygen atoms in total. The van der Waals surface area contributed by atoms with Crippen molar-refractivity contribution in [3.63, 3.8) is 0 Å². The molecular weight excluding hydrogens is 180 g/mol. The molecule has 1 aliphatic heterocycles. The molecule has 0 spiro atoms. The van der Waals surface area contributed by atoms with Crippen molar-refractivity contribution in [2.75, 3.05) is 6.61 Å². The van der Waals surface area contributed by atoms with E-state index < -0.39 is 0 Å². The van der Waals surface area contributed by atoms with Crippen LogP contribution in [0.25, 0.3) is 0 Å². The fourth-order valence-corrected chi connectivity index (χ4v) is 2.29. The first-order valence-corrected chi connectivity index (χ1v) is 5.45. The van der Waals surface area contributed by atoms with Crippen LogP contribution in [-0.2, 0) is 4.74 Å². The minimum absolute atomic E-state index is 0.309. The standard InChI is InChI=1S/C11H14OS/c1-8-6-10(12-7-9(8)2)11-4-3-5-13-11/h3-5,10H,6-7H2,1-2H3/t10-/m1/s1. The molecule has 2 heterocycles. The molecule has 0 N–H and O–H groups in total. The van der Waals surface area contributed by atoms with Crippen molar-refractivity contribution in [1.29, 1.82) is 0 Å². The number of rotatable bonds is 1. The topological polar surface area (TPSA) is 9.23 Å². The van der Waals surface area contributed by atoms with E-state index in [1.165, 1.54) is 16.0 Å². The Balaban J connectivity index is 2.14. The third-order valence-electron chi connectivity index (χ3n) is 2.58. The number of hydrogen-bond acceptors (Lipinski definition) is 2. The van der Waals surface area contributed by atoms with Crippen LogP contribution in [0, 0.1) is 0 Å². The average Bonchev–Trinajstić information content (AvgIpc) is 2.62. The van der Waals surface area contributed by atoms with E-state index in [0.717, 1.165) is 13.0 Å². The van der Waals surface area contributed by atoms with Crippen molar-refractivity contribution >= 4 is 11.3 Å². The second-order valence-corrected chi connectivity index (χ2v) is 4.56. The maximum Gasteiger partial charge on any atom is 0.0958 e. The van der Waals surface area contributed by atoms with Crippen LogP contribution in [0.15, 0.2) is 28.7 Å². The van der Waals surface area contributed by atoms with Gasteiger partial charge >= 0.3 is 0 Å². The first-order valence-electron chi connectivity index (χ1n) is 4.57. The van der Waals surface area contributed by atoms with E-state index in [-0.39, 0.29) is 0 Å². The lowest BCUT2D eigenvalue weighted by Gasteiger charge is -2.24. The minimum Gasteiger partial charge on any atom is -0.368 e. The van der Waals surface area contributed by atoms with E-state index in [1.807, 2.05) is 0 Å². The van der Waals surface area contributed by atoms with Crippen molar-refractivity contribution in [2.45, 2.75) is 26.4 Å². The Hall–Kier alpha value is -0.600. The van der Waals surface area contributed by atoms with Crippen LogP contribution in [0.5, 0.6) is 0 Å². The summed E-state index contributed by atoms with van der Waals surface area (Å²) < 4.78 is 5.76. The SMILES string of the molecule is CC1=C(C)C[C@H](c2cccs2)OC1. The highest BCUT2D eigenvalue weighted by Gasteiger charge is 2.19. The quantitative estimate of drug-likeness (QED) is 0.621. The van der Waals surface area contributed by atoms with E-state index in [0.29, 0.717) is 6.10 Å². The summed E-state index contributed by atoms with van der Waals surface area (Å²) in [6.07, 6.45) is 1.37. The highest BCUT2D eigenvalue weighted by atomic mass is 32.1. The lowest BCUT2D eigenvalue weighted by Crippen LogP contribution is -2.12. The van der Waals surface area contributed by atoms with Gasteiger partial charge < -0.3 is 4.74 Å². The van der Waals surface area contributed by atoms with Gasteiger partial charge in [0.15, 0.2) is 0 Å². The highest BCUT2D eigenvalue weighted by Crippen LogP contribution is 2.33. The van der Waals surface area contributed by atoms with Crippen molar-refractivity contribution in [3.8, 4) is 0 Å². The summed E-state index contributed by atoms with van der Waals surface area (Å²) in [5.41, 5.74) is 2.89. The largest absolute Gasteiger partial charge is 0.368 e. The van der Waals surface area contributed by atoms with Crippen LogP contribution < -0.4 is 0 Å². The molecule has 0 saturated carbocycles. The summed E-state index contributed by atoms with van der Waals surface area (Å²) in [5, 5.41) is 2.11. The summed E-state index contributed by atoms with van der Waals surface area (Å²) in [6, 6.07) is 4.24. The Morgan fingerprint density at radius 2 is 2.23 bits per heavy atom. The third kappa shape index (κ3) is 1.84. The normalized spacial score (nSPS) is 23.7. The molecule has 0 aromatic carbocycles. The van der Waals surface area contributed by atoms with Gasteiger partial charge in [0, 0.05) is 4.88 Å². The molecule has 13 heavy (non-hydrogen) atoms. The average molecular weight is 194 g/mol. The van der Waals surface area contributed by atoms with Crippen molar-refractivity contribution in [3.05, 3.63) is 33.5 Å². The molecule has 1 aliphatic rings. The van der Waals surface area contributed by atoms with Crippen LogP contribution in [0.2, 0.25) is 0 Å². The van der Waals surface area contributed by atoms with Crippen molar-refractivity contribution in [2.24, 2.45) is 0 Å². The van der Waals surface area contributed by atoms with Gasteiger partial charge in [0.1, 0.15) is 0 Å². The van der Waals surface area contributed by atoms with Gasteiger partial charge in [-0.2, -0.15) is 0 Å². The molecule has 0 radical (unpaired) electrons. The van der Waals surface area contributed by atoms with Crippen LogP contribution in [0.4, 0.5) is 0 Å². The molecule has 0 unspecified atom stereocenters. The Bertz CT molecular complexity index is 311. The number of thiophene rings is 1. The first-order chi connectivity index (χ1) is 6.27. The van der Waals surface area contributed by atoms with Crippen LogP contribution in [0.3, 0.4) is 0 Å². The summed E-state index contributed by atoms with van der Waals surface area (Å²) in [6.45, 7) is 5.16. The lowest BCUT2D eigenvalue weighted by atomic mass is 10.0. The second kappa shape index (κ2) is 3.64. The zero-order valence-electron chi connectivity index (χ0n) is 8.04. The molecule has 0 amide bonds. The molecule has 1 aromatic heterocycles. The predicted molar refractivity (Wildman–Crippen MR) is 56.0 cm³/mol. The highest BCUT2D eigenvalue weighted by molar-refractivity contribution is 7.10. The zero-order valence-corrected chi connectivity index (χ0v) is 8.86. The Kier molecular flexibility index (Phi) is 2.51. The molecule has 1 atom stereocenters. The minimum atomic E-state index is 0.309. The van der Waals surface area contributed by atoms with Gasteiger partial charge in [-0.05, 0) is 37.3 Å². The molecule has 0 aliphatic carbocycles. The van der Waals surface area contributed by atoms with E-state index in [1.54, 1.807) is 11.3 Å². The first kappa shape index (κ1) is 8.97. The van der Waals surface area contributed by atoms with E-state index in [9.17, 15) is 0 Å². The molecule has 2 rings (SSSR count). The van der Waals surface area contributed by atoms with Gasteiger partial charge in [-0.25, -0.2) is 0 Å². The number of hydrogen-bond donors (Lipinski definition) is 0. The Morgan fingerprint density at radius 3 is 2.85 bits per heavy atom. The van der Waals surface area contributed by atoms with Gasteiger partial charge in [0.2, 0.25) is 0 Å². The molecule has 0 bridgehead atoms.